The first-order chi connectivity index (χ1) is 15.0. The van der Waals surface area contributed by atoms with Crippen LogP contribution in [0.1, 0.15) is 39.9 Å². The van der Waals surface area contributed by atoms with Gasteiger partial charge in [-0.05, 0) is 49.8 Å². The van der Waals surface area contributed by atoms with Crippen LogP contribution in [0, 0.1) is 20.8 Å². The van der Waals surface area contributed by atoms with E-state index in [1.54, 1.807) is 11.3 Å². The number of carbonyl (C=O) groups excluding carboxylic acids is 1. The van der Waals surface area contributed by atoms with E-state index in [-0.39, 0.29) is 11.9 Å². The van der Waals surface area contributed by atoms with Crippen LogP contribution in [0.15, 0.2) is 17.5 Å². The molecule has 1 atom stereocenters. The van der Waals surface area contributed by atoms with E-state index in [2.05, 4.69) is 39.8 Å². The predicted molar refractivity (Wildman–Crippen MR) is 124 cm³/mol. The summed E-state index contributed by atoms with van der Waals surface area (Å²) in [4.78, 5) is 21.2. The third-order valence-corrected chi connectivity index (χ3v) is 7.16. The van der Waals surface area contributed by atoms with Crippen LogP contribution < -0.4 is 5.32 Å². The molecule has 1 amide bonds. The second-order valence-corrected chi connectivity index (χ2v) is 9.17. The Morgan fingerprint density at radius 1 is 1.26 bits per heavy atom. The highest BCUT2D eigenvalue weighted by Crippen LogP contribution is 2.27. The van der Waals surface area contributed by atoms with Crippen LogP contribution >= 0.6 is 11.3 Å². The van der Waals surface area contributed by atoms with Gasteiger partial charge in [-0.3, -0.25) is 14.4 Å². The van der Waals surface area contributed by atoms with E-state index >= 15 is 0 Å². The van der Waals surface area contributed by atoms with Crippen molar-refractivity contribution in [2.24, 2.45) is 7.05 Å². The normalized spacial score (nSPS) is 16.0. The van der Waals surface area contributed by atoms with Gasteiger partial charge in [-0.15, -0.1) is 11.3 Å². The van der Waals surface area contributed by atoms with Gasteiger partial charge in [-0.2, -0.15) is 5.10 Å². The molecule has 0 aliphatic carbocycles. The number of aromatic nitrogens is 3. The molecule has 31 heavy (non-hydrogen) atoms. The molecule has 0 unspecified atom stereocenters. The van der Waals surface area contributed by atoms with Crippen LogP contribution in [0.4, 0.5) is 0 Å². The number of rotatable bonds is 7. The Morgan fingerprint density at radius 2 is 2.03 bits per heavy atom. The topological polar surface area (TPSA) is 72.3 Å². The number of aryl methyl sites for hydroxylation is 4. The highest BCUT2D eigenvalue weighted by Gasteiger charge is 2.24. The molecule has 0 bridgehead atoms. The first-order valence-corrected chi connectivity index (χ1v) is 11.7. The molecule has 1 fully saturated rings. The zero-order valence-electron chi connectivity index (χ0n) is 18.8. The Morgan fingerprint density at radius 3 is 2.74 bits per heavy atom. The van der Waals surface area contributed by atoms with Crippen molar-refractivity contribution >= 4 is 28.3 Å². The average molecular weight is 442 g/mol. The monoisotopic (exact) mass is 441 g/mol. The van der Waals surface area contributed by atoms with E-state index in [1.165, 1.54) is 10.4 Å². The molecule has 1 N–H and O–H groups in total. The molecule has 4 rings (SSSR count). The van der Waals surface area contributed by atoms with Crippen LogP contribution in [-0.4, -0.2) is 58.4 Å². The maximum absolute atomic E-state index is 12.7. The lowest BCUT2D eigenvalue weighted by Gasteiger charge is -2.34. The Bertz CT molecular complexity index is 1050. The molecule has 1 saturated heterocycles. The minimum absolute atomic E-state index is 0.0802. The van der Waals surface area contributed by atoms with Crippen LogP contribution in [-0.2, 0) is 23.0 Å². The molecule has 0 radical (unpaired) electrons. The third kappa shape index (κ3) is 4.66. The van der Waals surface area contributed by atoms with Crippen molar-refractivity contribution in [1.29, 1.82) is 0 Å². The molecule has 4 heterocycles. The van der Waals surface area contributed by atoms with Gasteiger partial charge in [0.15, 0.2) is 5.65 Å². The zero-order valence-corrected chi connectivity index (χ0v) is 19.6. The number of nitrogens with one attached hydrogen (secondary N) is 1. The smallest absolute Gasteiger partial charge is 0.220 e. The minimum Gasteiger partial charge on any atom is -0.379 e. The lowest BCUT2D eigenvalue weighted by atomic mass is 9.99. The van der Waals surface area contributed by atoms with Crippen LogP contribution in [0.5, 0.6) is 0 Å². The molecule has 0 spiro atoms. The molecule has 0 aromatic carbocycles. The summed E-state index contributed by atoms with van der Waals surface area (Å²) in [6, 6.07) is 4.43. The highest BCUT2D eigenvalue weighted by molar-refractivity contribution is 7.10. The van der Waals surface area contributed by atoms with E-state index in [1.807, 2.05) is 25.6 Å². The maximum atomic E-state index is 12.7. The van der Waals surface area contributed by atoms with Crippen LogP contribution in [0.25, 0.3) is 11.0 Å². The summed E-state index contributed by atoms with van der Waals surface area (Å²) >= 11 is 1.74. The largest absolute Gasteiger partial charge is 0.379 e. The van der Waals surface area contributed by atoms with E-state index in [0.29, 0.717) is 19.4 Å². The van der Waals surface area contributed by atoms with Crippen molar-refractivity contribution < 1.29 is 9.53 Å². The summed E-state index contributed by atoms with van der Waals surface area (Å²) in [5.74, 6) is 0.0802. The van der Waals surface area contributed by atoms with Gasteiger partial charge in [0.2, 0.25) is 5.91 Å². The van der Waals surface area contributed by atoms with Crippen molar-refractivity contribution in [1.82, 2.24) is 25.0 Å². The SMILES string of the molecule is Cc1nc2c(c(C)nn2C)c(C)c1CCC(=O)NC[C@H](c1cccs1)N1CCOCC1. The minimum atomic E-state index is 0.0802. The Hall–Kier alpha value is -2.29. The van der Waals surface area contributed by atoms with Crippen molar-refractivity contribution in [3.05, 3.63) is 44.9 Å². The maximum Gasteiger partial charge on any atom is 0.220 e. The Balaban J connectivity index is 1.41. The lowest BCUT2D eigenvalue weighted by Crippen LogP contribution is -2.43. The average Bonchev–Trinajstić information content (AvgIpc) is 3.37. The van der Waals surface area contributed by atoms with Crippen molar-refractivity contribution in [2.75, 3.05) is 32.8 Å². The van der Waals surface area contributed by atoms with Gasteiger partial charge in [0, 0.05) is 49.1 Å². The van der Waals surface area contributed by atoms with E-state index < -0.39 is 0 Å². The molecule has 7 nitrogen and oxygen atoms in total. The van der Waals surface area contributed by atoms with Gasteiger partial charge < -0.3 is 10.1 Å². The van der Waals surface area contributed by atoms with Crippen molar-refractivity contribution in [2.45, 2.75) is 39.7 Å². The number of ether oxygens (including phenoxy) is 1. The molecule has 8 heteroatoms. The van der Waals surface area contributed by atoms with Gasteiger partial charge in [-0.25, -0.2) is 4.98 Å². The molecular formula is C23H31N5O2S. The van der Waals surface area contributed by atoms with E-state index in [4.69, 9.17) is 9.72 Å². The summed E-state index contributed by atoms with van der Waals surface area (Å²) in [6.07, 6.45) is 1.14. The number of hydrogen-bond acceptors (Lipinski definition) is 6. The molecular weight excluding hydrogens is 410 g/mol. The van der Waals surface area contributed by atoms with Gasteiger partial charge in [0.1, 0.15) is 0 Å². The van der Waals surface area contributed by atoms with Gasteiger partial charge in [-0.1, -0.05) is 6.07 Å². The number of hydrogen-bond donors (Lipinski definition) is 1. The van der Waals surface area contributed by atoms with Crippen molar-refractivity contribution in [3.63, 3.8) is 0 Å². The molecule has 0 saturated carbocycles. The van der Waals surface area contributed by atoms with Gasteiger partial charge >= 0.3 is 0 Å². The van der Waals surface area contributed by atoms with Gasteiger partial charge in [0.25, 0.3) is 0 Å². The summed E-state index contributed by atoms with van der Waals surface area (Å²) in [5, 5.41) is 10.9. The van der Waals surface area contributed by atoms with Crippen molar-refractivity contribution in [3.8, 4) is 0 Å². The quantitative estimate of drug-likeness (QED) is 0.610. The summed E-state index contributed by atoms with van der Waals surface area (Å²) in [6.45, 7) is 10.1. The molecule has 1 aliphatic heterocycles. The summed E-state index contributed by atoms with van der Waals surface area (Å²) in [7, 11) is 1.92. The Kier molecular flexibility index (Phi) is 6.69. The summed E-state index contributed by atoms with van der Waals surface area (Å²) in [5.41, 5.74) is 5.21. The first-order valence-electron chi connectivity index (χ1n) is 10.9. The standard InChI is InChI=1S/C23H31N5O2S/c1-15-18(16(2)25-23-22(15)17(3)26-27(23)4)7-8-21(29)24-14-19(20-6-5-13-31-20)28-9-11-30-12-10-28/h5-6,13,19H,7-12,14H2,1-4H3,(H,24,29)/t19-/m1/s1. The predicted octanol–water partition coefficient (Wildman–Crippen LogP) is 3.08. The first kappa shape index (κ1) is 21.9. The van der Waals surface area contributed by atoms with Crippen LogP contribution in [0.3, 0.4) is 0 Å². The Labute approximate surface area is 187 Å². The third-order valence-electron chi connectivity index (χ3n) is 6.18. The zero-order chi connectivity index (χ0) is 22.0. The fourth-order valence-electron chi connectivity index (χ4n) is 4.55. The number of amides is 1. The number of nitrogens with zero attached hydrogens (tertiary/aromatic N) is 4. The number of fused-ring (bicyclic) bond motifs is 1. The number of thiophene rings is 1. The molecule has 3 aromatic rings. The lowest BCUT2D eigenvalue weighted by molar-refractivity contribution is -0.121. The fourth-order valence-corrected chi connectivity index (χ4v) is 5.41. The number of carbonyl (C=O) groups is 1. The summed E-state index contributed by atoms with van der Waals surface area (Å²) < 4.78 is 7.34. The highest BCUT2D eigenvalue weighted by atomic mass is 32.1. The number of morpholine rings is 1. The molecule has 3 aromatic heterocycles. The number of pyridine rings is 1. The van der Waals surface area contributed by atoms with Gasteiger partial charge in [0.05, 0.1) is 24.9 Å². The van der Waals surface area contributed by atoms with Crippen LogP contribution in [0.2, 0.25) is 0 Å². The van der Waals surface area contributed by atoms with E-state index in [0.717, 1.165) is 54.3 Å². The second kappa shape index (κ2) is 9.46. The fraction of sp³-hybridized carbons (Fsp3) is 0.522. The second-order valence-electron chi connectivity index (χ2n) is 8.19. The molecule has 166 valence electrons. The molecule has 1 aliphatic rings. The van der Waals surface area contributed by atoms with E-state index in [9.17, 15) is 4.79 Å².